The largest absolute Gasteiger partial charge is 0.342 e. The van der Waals surface area contributed by atoms with Gasteiger partial charge in [-0.15, -0.1) is 0 Å². The average molecular weight is 238 g/mol. The summed E-state index contributed by atoms with van der Waals surface area (Å²) in [5.41, 5.74) is 6.29. The summed E-state index contributed by atoms with van der Waals surface area (Å²) in [6.45, 7) is 5.83. The minimum absolute atomic E-state index is 0.0336. The number of likely N-dealkylation sites (tertiary alicyclic amines) is 1. The van der Waals surface area contributed by atoms with Crippen LogP contribution in [0.2, 0.25) is 0 Å². The van der Waals surface area contributed by atoms with Gasteiger partial charge < -0.3 is 10.6 Å². The molecule has 1 spiro atoms. The highest BCUT2D eigenvalue weighted by Gasteiger charge is 2.41. The standard InChI is InChI=1S/C14H26N2O/c1-11(12(2)15)13(17)16-9-8-14(10-16)6-4-3-5-7-14/h11-12H,3-10,15H2,1-2H3. The van der Waals surface area contributed by atoms with Crippen molar-refractivity contribution in [2.24, 2.45) is 17.1 Å². The Balaban J connectivity index is 1.95. The second-order valence-electron chi connectivity index (χ2n) is 6.22. The number of nitrogens with two attached hydrogens (primary N) is 1. The van der Waals surface area contributed by atoms with Crippen molar-refractivity contribution in [1.29, 1.82) is 0 Å². The summed E-state index contributed by atoms with van der Waals surface area (Å²) in [6.07, 6.45) is 7.94. The van der Waals surface area contributed by atoms with Crippen LogP contribution >= 0.6 is 0 Å². The number of hydrogen-bond acceptors (Lipinski definition) is 2. The minimum Gasteiger partial charge on any atom is -0.342 e. The number of carbonyl (C=O) groups excluding carboxylic acids is 1. The maximum atomic E-state index is 12.3. The van der Waals surface area contributed by atoms with E-state index in [1.807, 2.05) is 13.8 Å². The number of hydrogen-bond donors (Lipinski definition) is 1. The molecule has 2 aliphatic rings. The van der Waals surface area contributed by atoms with Gasteiger partial charge in [0.25, 0.3) is 0 Å². The molecule has 0 radical (unpaired) electrons. The fourth-order valence-electron chi connectivity index (χ4n) is 3.35. The quantitative estimate of drug-likeness (QED) is 0.801. The van der Waals surface area contributed by atoms with Crippen LogP contribution in [0.4, 0.5) is 0 Å². The monoisotopic (exact) mass is 238 g/mol. The van der Waals surface area contributed by atoms with E-state index in [9.17, 15) is 4.79 Å². The zero-order chi connectivity index (χ0) is 12.5. The van der Waals surface area contributed by atoms with Gasteiger partial charge in [0, 0.05) is 19.1 Å². The van der Waals surface area contributed by atoms with Crippen molar-refractivity contribution >= 4 is 5.91 Å². The van der Waals surface area contributed by atoms with Gasteiger partial charge in [-0.3, -0.25) is 4.79 Å². The van der Waals surface area contributed by atoms with Gasteiger partial charge in [-0.25, -0.2) is 0 Å². The van der Waals surface area contributed by atoms with Crippen molar-refractivity contribution in [3.63, 3.8) is 0 Å². The molecule has 3 heteroatoms. The molecule has 2 rings (SSSR count). The van der Waals surface area contributed by atoms with E-state index in [4.69, 9.17) is 5.73 Å². The summed E-state index contributed by atoms with van der Waals surface area (Å²) >= 11 is 0. The Morgan fingerprint density at radius 2 is 1.82 bits per heavy atom. The summed E-state index contributed by atoms with van der Waals surface area (Å²) < 4.78 is 0. The first-order valence-corrected chi connectivity index (χ1v) is 7.08. The van der Waals surface area contributed by atoms with E-state index >= 15 is 0 Å². The smallest absolute Gasteiger partial charge is 0.226 e. The van der Waals surface area contributed by atoms with Gasteiger partial charge in [-0.05, 0) is 31.6 Å². The predicted molar refractivity (Wildman–Crippen MR) is 69.5 cm³/mol. The Morgan fingerprint density at radius 1 is 1.18 bits per heavy atom. The van der Waals surface area contributed by atoms with E-state index in [0.29, 0.717) is 5.41 Å². The highest BCUT2D eigenvalue weighted by molar-refractivity contribution is 5.79. The lowest BCUT2D eigenvalue weighted by Crippen LogP contribution is -2.41. The summed E-state index contributed by atoms with van der Waals surface area (Å²) in [5.74, 6) is 0.233. The Labute approximate surface area is 105 Å². The molecule has 3 nitrogen and oxygen atoms in total. The van der Waals surface area contributed by atoms with Crippen molar-refractivity contribution in [2.75, 3.05) is 13.1 Å². The van der Waals surface area contributed by atoms with Crippen LogP contribution in [0.15, 0.2) is 0 Å². The Hall–Kier alpha value is -0.570. The van der Waals surface area contributed by atoms with E-state index in [0.717, 1.165) is 13.1 Å². The number of amides is 1. The normalized spacial score (nSPS) is 27.1. The van der Waals surface area contributed by atoms with Crippen molar-refractivity contribution in [3.8, 4) is 0 Å². The summed E-state index contributed by atoms with van der Waals surface area (Å²) in [6, 6.07) is -0.0367. The van der Waals surface area contributed by atoms with E-state index < -0.39 is 0 Å². The van der Waals surface area contributed by atoms with E-state index in [1.165, 1.54) is 38.5 Å². The van der Waals surface area contributed by atoms with Gasteiger partial charge in [-0.1, -0.05) is 26.2 Å². The van der Waals surface area contributed by atoms with E-state index in [1.54, 1.807) is 0 Å². The summed E-state index contributed by atoms with van der Waals surface area (Å²) in [5, 5.41) is 0. The predicted octanol–water partition coefficient (Wildman–Crippen LogP) is 2.15. The van der Waals surface area contributed by atoms with Gasteiger partial charge in [0.2, 0.25) is 5.91 Å². The molecule has 0 bridgehead atoms. The molecular formula is C14H26N2O. The fraction of sp³-hybridized carbons (Fsp3) is 0.929. The van der Waals surface area contributed by atoms with Crippen LogP contribution in [0, 0.1) is 11.3 Å². The molecule has 1 saturated carbocycles. The van der Waals surface area contributed by atoms with Crippen LogP contribution in [-0.2, 0) is 4.79 Å². The second kappa shape index (κ2) is 4.97. The molecule has 1 saturated heterocycles. The Bertz CT molecular complexity index is 282. The highest BCUT2D eigenvalue weighted by atomic mass is 16.2. The van der Waals surface area contributed by atoms with Crippen molar-refractivity contribution in [3.05, 3.63) is 0 Å². The third-order valence-corrected chi connectivity index (χ3v) is 4.84. The zero-order valence-corrected chi connectivity index (χ0v) is 11.2. The van der Waals surface area contributed by atoms with Crippen LogP contribution in [0.5, 0.6) is 0 Å². The van der Waals surface area contributed by atoms with Gasteiger partial charge in [-0.2, -0.15) is 0 Å². The van der Waals surface area contributed by atoms with E-state index in [-0.39, 0.29) is 17.9 Å². The topological polar surface area (TPSA) is 46.3 Å². The van der Waals surface area contributed by atoms with Crippen LogP contribution in [0.25, 0.3) is 0 Å². The summed E-state index contributed by atoms with van der Waals surface area (Å²) in [7, 11) is 0. The van der Waals surface area contributed by atoms with Crippen molar-refractivity contribution < 1.29 is 4.79 Å². The highest BCUT2D eigenvalue weighted by Crippen LogP contribution is 2.43. The number of carbonyl (C=O) groups is 1. The van der Waals surface area contributed by atoms with E-state index in [2.05, 4.69) is 4.90 Å². The minimum atomic E-state index is -0.0367. The molecule has 0 aromatic rings. The molecule has 17 heavy (non-hydrogen) atoms. The Morgan fingerprint density at radius 3 is 2.41 bits per heavy atom. The number of nitrogens with zero attached hydrogens (tertiary/aromatic N) is 1. The molecule has 2 N–H and O–H groups in total. The average Bonchev–Trinajstić information content (AvgIpc) is 2.72. The molecular weight excluding hydrogens is 212 g/mol. The maximum absolute atomic E-state index is 12.3. The lowest BCUT2D eigenvalue weighted by molar-refractivity contribution is -0.134. The first kappa shape index (κ1) is 12.9. The van der Waals surface area contributed by atoms with Crippen LogP contribution in [-0.4, -0.2) is 29.9 Å². The molecule has 1 aliphatic heterocycles. The molecule has 2 atom stereocenters. The first-order valence-electron chi connectivity index (χ1n) is 7.08. The molecule has 2 unspecified atom stereocenters. The third-order valence-electron chi connectivity index (χ3n) is 4.84. The Kier molecular flexibility index (Phi) is 3.76. The lowest BCUT2D eigenvalue weighted by atomic mass is 9.73. The second-order valence-corrected chi connectivity index (χ2v) is 6.22. The first-order chi connectivity index (χ1) is 8.04. The van der Waals surface area contributed by atoms with Crippen molar-refractivity contribution in [2.45, 2.75) is 58.4 Å². The van der Waals surface area contributed by atoms with Gasteiger partial charge in [0.05, 0.1) is 5.92 Å². The third kappa shape index (κ3) is 2.65. The van der Waals surface area contributed by atoms with Crippen molar-refractivity contribution in [1.82, 2.24) is 4.90 Å². The molecule has 1 aliphatic carbocycles. The molecule has 0 aromatic heterocycles. The zero-order valence-electron chi connectivity index (χ0n) is 11.2. The van der Waals surface area contributed by atoms with Crippen LogP contribution in [0.1, 0.15) is 52.4 Å². The lowest BCUT2D eigenvalue weighted by Gasteiger charge is -2.33. The molecule has 0 aromatic carbocycles. The van der Waals surface area contributed by atoms with Gasteiger partial charge in [0.15, 0.2) is 0 Å². The van der Waals surface area contributed by atoms with Gasteiger partial charge >= 0.3 is 0 Å². The van der Waals surface area contributed by atoms with Gasteiger partial charge in [0.1, 0.15) is 0 Å². The summed E-state index contributed by atoms with van der Waals surface area (Å²) in [4.78, 5) is 14.3. The van der Waals surface area contributed by atoms with Crippen LogP contribution in [0.3, 0.4) is 0 Å². The van der Waals surface area contributed by atoms with Crippen LogP contribution < -0.4 is 5.73 Å². The molecule has 98 valence electrons. The maximum Gasteiger partial charge on any atom is 0.226 e. The molecule has 1 heterocycles. The fourth-order valence-corrected chi connectivity index (χ4v) is 3.35. The molecule has 1 amide bonds. The number of rotatable bonds is 2. The SMILES string of the molecule is CC(N)C(C)C(=O)N1CCC2(CCCCC2)C1. The molecule has 2 fully saturated rings.